The first-order valence-corrected chi connectivity index (χ1v) is 7.54. The molecular formula is C15H19N3OS. The SMILES string of the molecule is CCCN(Cc1ccc(C)cc1)C(=O)c1csc(N)n1. The van der Waals surface area contributed by atoms with Crippen LogP contribution in [-0.4, -0.2) is 22.3 Å². The molecule has 2 aromatic rings. The number of nitrogens with zero attached hydrogens (tertiary/aromatic N) is 2. The van der Waals surface area contributed by atoms with Crippen LogP contribution >= 0.6 is 11.3 Å². The van der Waals surface area contributed by atoms with Crippen molar-refractivity contribution in [2.24, 2.45) is 0 Å². The number of thiazole rings is 1. The molecule has 0 aliphatic heterocycles. The highest BCUT2D eigenvalue weighted by molar-refractivity contribution is 7.13. The van der Waals surface area contributed by atoms with Crippen molar-refractivity contribution in [2.45, 2.75) is 26.8 Å². The Balaban J connectivity index is 2.14. The van der Waals surface area contributed by atoms with Crippen molar-refractivity contribution in [3.8, 4) is 0 Å². The number of hydrogen-bond acceptors (Lipinski definition) is 4. The Kier molecular flexibility index (Phi) is 4.74. The lowest BCUT2D eigenvalue weighted by molar-refractivity contribution is 0.0738. The fourth-order valence-corrected chi connectivity index (χ4v) is 2.52. The molecule has 2 N–H and O–H groups in total. The van der Waals surface area contributed by atoms with E-state index >= 15 is 0 Å². The number of rotatable bonds is 5. The van der Waals surface area contributed by atoms with Crippen LogP contribution in [0.15, 0.2) is 29.6 Å². The largest absolute Gasteiger partial charge is 0.375 e. The summed E-state index contributed by atoms with van der Waals surface area (Å²) in [5, 5.41) is 2.15. The third-order valence-corrected chi connectivity index (χ3v) is 3.69. The van der Waals surface area contributed by atoms with Crippen molar-refractivity contribution < 1.29 is 4.79 Å². The maximum Gasteiger partial charge on any atom is 0.273 e. The summed E-state index contributed by atoms with van der Waals surface area (Å²) in [5.74, 6) is -0.0552. The van der Waals surface area contributed by atoms with Crippen molar-refractivity contribution >= 4 is 22.4 Å². The molecule has 0 bridgehead atoms. The minimum Gasteiger partial charge on any atom is -0.375 e. The van der Waals surface area contributed by atoms with Crippen molar-refractivity contribution in [1.29, 1.82) is 0 Å². The summed E-state index contributed by atoms with van der Waals surface area (Å²) in [7, 11) is 0. The van der Waals surface area contributed by atoms with E-state index in [1.54, 1.807) is 5.38 Å². The lowest BCUT2D eigenvalue weighted by Crippen LogP contribution is -2.31. The zero-order chi connectivity index (χ0) is 14.5. The Morgan fingerprint density at radius 3 is 2.60 bits per heavy atom. The van der Waals surface area contributed by atoms with E-state index in [2.05, 4.69) is 43.1 Å². The second kappa shape index (κ2) is 6.52. The number of aromatic nitrogens is 1. The smallest absolute Gasteiger partial charge is 0.273 e. The summed E-state index contributed by atoms with van der Waals surface area (Å²) >= 11 is 1.30. The number of hydrogen-bond donors (Lipinski definition) is 1. The third-order valence-electron chi connectivity index (χ3n) is 3.02. The van der Waals surface area contributed by atoms with Crippen LogP contribution in [-0.2, 0) is 6.54 Å². The summed E-state index contributed by atoms with van der Waals surface area (Å²) < 4.78 is 0. The lowest BCUT2D eigenvalue weighted by Gasteiger charge is -2.21. The number of nitrogen functional groups attached to an aromatic ring is 1. The first-order chi connectivity index (χ1) is 9.60. The quantitative estimate of drug-likeness (QED) is 0.920. The molecule has 5 heteroatoms. The maximum absolute atomic E-state index is 12.4. The van der Waals surface area contributed by atoms with Crippen LogP contribution < -0.4 is 5.73 Å². The number of aryl methyl sites for hydroxylation is 1. The molecule has 0 unspecified atom stereocenters. The Morgan fingerprint density at radius 2 is 2.05 bits per heavy atom. The van der Waals surface area contributed by atoms with Crippen molar-refractivity contribution in [2.75, 3.05) is 12.3 Å². The molecule has 0 saturated carbocycles. The van der Waals surface area contributed by atoms with Crippen molar-refractivity contribution in [3.63, 3.8) is 0 Å². The molecule has 2 rings (SSSR count). The predicted octanol–water partition coefficient (Wildman–Crippen LogP) is 3.09. The molecule has 0 spiro atoms. The first kappa shape index (κ1) is 14.5. The summed E-state index contributed by atoms with van der Waals surface area (Å²) in [6.07, 6.45) is 0.914. The fourth-order valence-electron chi connectivity index (χ4n) is 1.98. The number of carbonyl (C=O) groups is 1. The molecule has 0 radical (unpaired) electrons. The fraction of sp³-hybridized carbons (Fsp3) is 0.333. The van der Waals surface area contributed by atoms with Gasteiger partial charge in [-0.25, -0.2) is 4.98 Å². The third kappa shape index (κ3) is 3.57. The van der Waals surface area contributed by atoms with Crippen LogP contribution in [0.25, 0.3) is 0 Å². The van der Waals surface area contributed by atoms with Gasteiger partial charge < -0.3 is 10.6 Å². The average molecular weight is 289 g/mol. The molecular weight excluding hydrogens is 270 g/mol. The number of nitrogens with two attached hydrogens (primary N) is 1. The Morgan fingerprint density at radius 1 is 1.35 bits per heavy atom. The molecule has 4 nitrogen and oxygen atoms in total. The monoisotopic (exact) mass is 289 g/mol. The van der Waals surface area contributed by atoms with Gasteiger partial charge in [-0.1, -0.05) is 36.8 Å². The molecule has 1 aromatic heterocycles. The maximum atomic E-state index is 12.4. The second-order valence-electron chi connectivity index (χ2n) is 4.78. The normalized spacial score (nSPS) is 10.5. The van der Waals surface area contributed by atoms with E-state index in [-0.39, 0.29) is 5.91 Å². The molecule has 0 atom stereocenters. The van der Waals surface area contributed by atoms with E-state index in [0.29, 0.717) is 23.9 Å². The number of amides is 1. The number of anilines is 1. The first-order valence-electron chi connectivity index (χ1n) is 6.66. The second-order valence-corrected chi connectivity index (χ2v) is 5.67. The Labute approximate surface area is 123 Å². The van der Waals surface area contributed by atoms with Gasteiger partial charge in [0.05, 0.1) is 0 Å². The van der Waals surface area contributed by atoms with Gasteiger partial charge >= 0.3 is 0 Å². The summed E-state index contributed by atoms with van der Waals surface area (Å²) in [5.41, 5.74) is 8.38. The van der Waals surface area contributed by atoms with Gasteiger partial charge in [0.1, 0.15) is 5.69 Å². The summed E-state index contributed by atoms with van der Waals surface area (Å²) in [6, 6.07) is 8.23. The van der Waals surface area contributed by atoms with Crippen LogP contribution in [0.2, 0.25) is 0 Å². The Hall–Kier alpha value is -1.88. The van der Waals surface area contributed by atoms with E-state index in [1.165, 1.54) is 16.9 Å². The standard InChI is InChI=1S/C15H19N3OS/c1-3-8-18(9-12-6-4-11(2)5-7-12)14(19)13-10-20-15(16)17-13/h4-7,10H,3,8-9H2,1-2H3,(H2,16,17). The van der Waals surface area contributed by atoms with Crippen LogP contribution in [0.1, 0.15) is 35.0 Å². The number of benzene rings is 1. The van der Waals surface area contributed by atoms with Crippen LogP contribution in [0.4, 0.5) is 5.13 Å². The minimum absolute atomic E-state index is 0.0552. The predicted molar refractivity (Wildman–Crippen MR) is 82.7 cm³/mol. The zero-order valence-electron chi connectivity index (χ0n) is 11.8. The minimum atomic E-state index is -0.0552. The van der Waals surface area contributed by atoms with Crippen molar-refractivity contribution in [1.82, 2.24) is 9.88 Å². The Bertz CT molecular complexity index is 577. The van der Waals surface area contributed by atoms with Crippen LogP contribution in [0.3, 0.4) is 0 Å². The summed E-state index contributed by atoms with van der Waals surface area (Å²) in [6.45, 7) is 5.43. The van der Waals surface area contributed by atoms with E-state index in [9.17, 15) is 4.79 Å². The van der Waals surface area contributed by atoms with Gasteiger partial charge in [0, 0.05) is 18.5 Å². The number of carbonyl (C=O) groups excluding carboxylic acids is 1. The highest BCUT2D eigenvalue weighted by atomic mass is 32.1. The molecule has 0 saturated heterocycles. The lowest BCUT2D eigenvalue weighted by atomic mass is 10.1. The van der Waals surface area contributed by atoms with E-state index in [4.69, 9.17) is 5.73 Å². The average Bonchev–Trinajstić information content (AvgIpc) is 2.86. The molecule has 1 aromatic carbocycles. The van der Waals surface area contributed by atoms with E-state index in [0.717, 1.165) is 12.0 Å². The van der Waals surface area contributed by atoms with Gasteiger partial charge in [0.2, 0.25) is 0 Å². The van der Waals surface area contributed by atoms with Crippen LogP contribution in [0, 0.1) is 6.92 Å². The highest BCUT2D eigenvalue weighted by Gasteiger charge is 2.18. The topological polar surface area (TPSA) is 59.2 Å². The highest BCUT2D eigenvalue weighted by Crippen LogP contribution is 2.15. The zero-order valence-corrected chi connectivity index (χ0v) is 12.6. The van der Waals surface area contributed by atoms with Gasteiger partial charge in [-0.05, 0) is 18.9 Å². The summed E-state index contributed by atoms with van der Waals surface area (Å²) in [4.78, 5) is 18.3. The van der Waals surface area contributed by atoms with Crippen molar-refractivity contribution in [3.05, 3.63) is 46.5 Å². The molecule has 1 amide bonds. The molecule has 20 heavy (non-hydrogen) atoms. The molecule has 1 heterocycles. The molecule has 0 aliphatic carbocycles. The van der Waals surface area contributed by atoms with Gasteiger partial charge in [0.25, 0.3) is 5.91 Å². The molecule has 0 aliphatic rings. The van der Waals surface area contributed by atoms with E-state index < -0.39 is 0 Å². The van der Waals surface area contributed by atoms with Gasteiger partial charge in [-0.2, -0.15) is 0 Å². The van der Waals surface area contributed by atoms with Crippen LogP contribution in [0.5, 0.6) is 0 Å². The van der Waals surface area contributed by atoms with Gasteiger partial charge in [-0.3, -0.25) is 4.79 Å². The van der Waals surface area contributed by atoms with E-state index in [1.807, 2.05) is 4.90 Å². The van der Waals surface area contributed by atoms with Gasteiger partial charge in [0.15, 0.2) is 5.13 Å². The van der Waals surface area contributed by atoms with Gasteiger partial charge in [-0.15, -0.1) is 11.3 Å². The molecule has 0 fully saturated rings. The molecule has 106 valence electrons.